The molecule has 2 rings (SSSR count). The largest absolute Gasteiger partial charge is 0.481 e. The van der Waals surface area contributed by atoms with E-state index in [9.17, 15) is 9.59 Å². The predicted molar refractivity (Wildman–Crippen MR) is 74.0 cm³/mol. The topological polar surface area (TPSA) is 109 Å². The minimum absolute atomic E-state index is 0.167. The highest BCUT2D eigenvalue weighted by Gasteiger charge is 2.26. The highest BCUT2D eigenvalue weighted by atomic mass is 16.4. The number of aryl methyl sites for hydroxylation is 1. The molecule has 0 atom stereocenters. The van der Waals surface area contributed by atoms with Gasteiger partial charge in [-0.05, 0) is 20.3 Å². The van der Waals surface area contributed by atoms with E-state index in [-0.39, 0.29) is 12.3 Å². The molecule has 0 fully saturated rings. The number of hydrogen-bond donors (Lipinski definition) is 2. The molecule has 0 spiro atoms. The van der Waals surface area contributed by atoms with Gasteiger partial charge in [-0.1, -0.05) is 6.92 Å². The third-order valence-corrected chi connectivity index (χ3v) is 3.03. The van der Waals surface area contributed by atoms with E-state index < -0.39 is 11.5 Å². The van der Waals surface area contributed by atoms with Gasteiger partial charge in [0.25, 0.3) is 11.7 Å². The quantitative estimate of drug-likeness (QED) is 0.838. The van der Waals surface area contributed by atoms with Gasteiger partial charge < -0.3 is 10.4 Å². The van der Waals surface area contributed by atoms with Crippen molar-refractivity contribution in [2.75, 3.05) is 0 Å². The Hall–Kier alpha value is -2.51. The van der Waals surface area contributed by atoms with E-state index in [0.717, 1.165) is 0 Å². The van der Waals surface area contributed by atoms with Gasteiger partial charge in [0.1, 0.15) is 6.33 Å². The van der Waals surface area contributed by atoms with E-state index in [1.54, 1.807) is 13.8 Å². The molecule has 8 nitrogen and oxygen atoms in total. The van der Waals surface area contributed by atoms with Crippen molar-refractivity contribution in [1.82, 2.24) is 24.9 Å². The number of nitrogens with zero attached hydrogens (tertiary/aromatic N) is 4. The Labute approximate surface area is 121 Å². The molecule has 0 unspecified atom stereocenters. The summed E-state index contributed by atoms with van der Waals surface area (Å²) in [7, 11) is 0. The maximum Gasteiger partial charge on any atom is 0.305 e. The van der Waals surface area contributed by atoms with E-state index >= 15 is 0 Å². The zero-order valence-electron chi connectivity index (χ0n) is 12.1. The predicted octanol–water partition coefficient (Wildman–Crippen LogP) is 0.670. The first-order chi connectivity index (χ1) is 9.84. The van der Waals surface area contributed by atoms with Gasteiger partial charge in [0, 0.05) is 11.7 Å². The fourth-order valence-corrected chi connectivity index (χ4v) is 2.15. The first kappa shape index (κ1) is 14.9. The molecule has 2 N–H and O–H groups in total. The fraction of sp³-hybridized carbons (Fsp3) is 0.462. The highest BCUT2D eigenvalue weighted by Crippen LogP contribution is 2.14. The summed E-state index contributed by atoms with van der Waals surface area (Å²) >= 11 is 0. The molecule has 0 bridgehead atoms. The maximum atomic E-state index is 12.4. The van der Waals surface area contributed by atoms with Crippen LogP contribution in [0.4, 0.5) is 0 Å². The van der Waals surface area contributed by atoms with Crippen LogP contribution in [0.3, 0.4) is 0 Å². The summed E-state index contributed by atoms with van der Waals surface area (Å²) < 4.78 is 1.51. The van der Waals surface area contributed by atoms with Gasteiger partial charge in [0.15, 0.2) is 0 Å². The number of nitrogens with one attached hydrogen (secondary N) is 1. The number of rotatable bonds is 5. The second kappa shape index (κ2) is 5.47. The second-order valence-corrected chi connectivity index (χ2v) is 5.35. The van der Waals surface area contributed by atoms with Crippen LogP contribution in [-0.2, 0) is 11.2 Å². The third-order valence-electron chi connectivity index (χ3n) is 3.03. The number of fused-ring (bicyclic) bond motifs is 1. The molecule has 2 heterocycles. The number of carbonyl (C=O) groups is 2. The van der Waals surface area contributed by atoms with Crippen LogP contribution in [0.1, 0.15) is 43.2 Å². The number of hydrogen-bond acceptors (Lipinski definition) is 5. The van der Waals surface area contributed by atoms with Crippen molar-refractivity contribution in [2.24, 2.45) is 0 Å². The summed E-state index contributed by atoms with van der Waals surface area (Å²) in [5, 5.41) is 15.6. The Balaban J connectivity index is 2.33. The Morgan fingerprint density at radius 2 is 2.10 bits per heavy atom. The van der Waals surface area contributed by atoms with Gasteiger partial charge in [-0.2, -0.15) is 10.1 Å². The summed E-state index contributed by atoms with van der Waals surface area (Å²) in [5.74, 6) is -0.919. The molecule has 0 aliphatic heterocycles. The molecule has 0 aliphatic carbocycles. The van der Waals surface area contributed by atoms with Gasteiger partial charge in [-0.15, -0.1) is 0 Å². The van der Waals surface area contributed by atoms with E-state index in [1.165, 1.54) is 17.0 Å². The van der Waals surface area contributed by atoms with Gasteiger partial charge in [-0.3, -0.25) is 9.59 Å². The van der Waals surface area contributed by atoms with Crippen molar-refractivity contribution in [3.63, 3.8) is 0 Å². The van der Waals surface area contributed by atoms with Gasteiger partial charge >= 0.3 is 5.97 Å². The third kappa shape index (κ3) is 3.15. The molecular weight excluding hydrogens is 274 g/mol. The molecule has 8 heteroatoms. The minimum atomic E-state index is -0.971. The van der Waals surface area contributed by atoms with Crippen LogP contribution in [0.5, 0.6) is 0 Å². The maximum absolute atomic E-state index is 12.4. The smallest absolute Gasteiger partial charge is 0.305 e. The summed E-state index contributed by atoms with van der Waals surface area (Å²) in [4.78, 5) is 31.2. The molecule has 0 aromatic carbocycles. The SMILES string of the molecule is CCc1c(C(=O)NC(C)(C)CC(=O)O)cnc2ncnn12. The normalized spacial score (nSPS) is 11.6. The van der Waals surface area contributed by atoms with Crippen LogP contribution < -0.4 is 5.32 Å². The number of carboxylic acid groups (broad SMARTS) is 1. The summed E-state index contributed by atoms with van der Waals surface area (Å²) in [6.07, 6.45) is 3.22. The molecule has 112 valence electrons. The Kier molecular flexibility index (Phi) is 3.88. The van der Waals surface area contributed by atoms with Crippen molar-refractivity contribution in [1.29, 1.82) is 0 Å². The van der Waals surface area contributed by atoms with Crippen molar-refractivity contribution in [3.8, 4) is 0 Å². The number of aromatic nitrogens is 4. The summed E-state index contributed by atoms with van der Waals surface area (Å²) in [6, 6.07) is 0. The number of carboxylic acids is 1. The number of aliphatic carboxylic acids is 1. The zero-order chi connectivity index (χ0) is 15.6. The van der Waals surface area contributed by atoms with Crippen LogP contribution in [0.2, 0.25) is 0 Å². The van der Waals surface area contributed by atoms with Crippen molar-refractivity contribution >= 4 is 17.7 Å². The lowest BCUT2D eigenvalue weighted by Crippen LogP contribution is -2.45. The monoisotopic (exact) mass is 291 g/mol. The first-order valence-electron chi connectivity index (χ1n) is 6.56. The van der Waals surface area contributed by atoms with Gasteiger partial charge in [0.05, 0.1) is 17.7 Å². The molecule has 0 saturated carbocycles. The molecule has 21 heavy (non-hydrogen) atoms. The second-order valence-electron chi connectivity index (χ2n) is 5.35. The Morgan fingerprint density at radius 1 is 1.38 bits per heavy atom. The van der Waals surface area contributed by atoms with Crippen LogP contribution in [0.15, 0.2) is 12.5 Å². The van der Waals surface area contributed by atoms with Crippen LogP contribution >= 0.6 is 0 Å². The first-order valence-corrected chi connectivity index (χ1v) is 6.56. The molecule has 0 radical (unpaired) electrons. The average molecular weight is 291 g/mol. The molecular formula is C13H17N5O3. The minimum Gasteiger partial charge on any atom is -0.481 e. The van der Waals surface area contributed by atoms with Gasteiger partial charge in [0.2, 0.25) is 0 Å². The summed E-state index contributed by atoms with van der Waals surface area (Å²) in [6.45, 7) is 5.22. The van der Waals surface area contributed by atoms with E-state index in [0.29, 0.717) is 23.5 Å². The van der Waals surface area contributed by atoms with E-state index in [4.69, 9.17) is 5.11 Å². The van der Waals surface area contributed by atoms with Crippen LogP contribution in [0, 0.1) is 0 Å². The van der Waals surface area contributed by atoms with Crippen LogP contribution in [0.25, 0.3) is 5.78 Å². The standard InChI is InChI=1S/C13H17N5O3/c1-4-9-8(6-14-12-15-7-16-18(9)12)11(21)17-13(2,3)5-10(19)20/h6-7H,4-5H2,1-3H3,(H,17,21)(H,19,20). The molecule has 0 aliphatic rings. The lowest BCUT2D eigenvalue weighted by Gasteiger charge is -2.24. The lowest BCUT2D eigenvalue weighted by molar-refractivity contribution is -0.138. The van der Waals surface area contributed by atoms with Crippen molar-refractivity contribution in [2.45, 2.75) is 39.2 Å². The molecule has 2 aromatic heterocycles. The summed E-state index contributed by atoms with van der Waals surface area (Å²) in [5.41, 5.74) is 0.195. The van der Waals surface area contributed by atoms with Crippen molar-refractivity contribution < 1.29 is 14.7 Å². The zero-order valence-corrected chi connectivity index (χ0v) is 12.1. The Morgan fingerprint density at radius 3 is 2.71 bits per heavy atom. The number of carbonyl (C=O) groups excluding carboxylic acids is 1. The van der Waals surface area contributed by atoms with Crippen LogP contribution in [-0.4, -0.2) is 42.1 Å². The van der Waals surface area contributed by atoms with Gasteiger partial charge in [-0.25, -0.2) is 9.50 Å². The Bertz CT molecular complexity index is 692. The average Bonchev–Trinajstić information content (AvgIpc) is 2.83. The number of amides is 1. The molecule has 0 saturated heterocycles. The van der Waals surface area contributed by atoms with Crippen molar-refractivity contribution in [3.05, 3.63) is 23.8 Å². The molecule has 1 amide bonds. The van der Waals surface area contributed by atoms with E-state index in [1.807, 2.05) is 6.92 Å². The lowest BCUT2D eigenvalue weighted by atomic mass is 10.00. The fourth-order valence-electron chi connectivity index (χ4n) is 2.15. The van der Waals surface area contributed by atoms with E-state index in [2.05, 4.69) is 20.4 Å². The highest BCUT2D eigenvalue weighted by molar-refractivity contribution is 5.95. The molecule has 2 aromatic rings.